The highest BCUT2D eigenvalue weighted by Crippen LogP contribution is 2.22. The highest BCUT2D eigenvalue weighted by atomic mass is 32.2. The number of hydrogen-bond donors (Lipinski definition) is 2. The second-order valence-corrected chi connectivity index (χ2v) is 7.00. The molecule has 0 amide bonds. The van der Waals surface area contributed by atoms with Crippen molar-refractivity contribution in [1.29, 1.82) is 0 Å². The first-order valence-electron chi connectivity index (χ1n) is 6.57. The lowest BCUT2D eigenvalue weighted by atomic mass is 10.3. The molecule has 0 bridgehead atoms. The summed E-state index contributed by atoms with van der Waals surface area (Å²) in [5.41, 5.74) is 0.844. The van der Waals surface area contributed by atoms with Gasteiger partial charge in [-0.25, -0.2) is 9.71 Å². The number of ether oxygens (including phenoxy) is 1. The van der Waals surface area contributed by atoms with E-state index in [0.717, 1.165) is 12.2 Å². The van der Waals surface area contributed by atoms with E-state index in [2.05, 4.69) is 15.0 Å². The lowest BCUT2D eigenvalue weighted by Crippen LogP contribution is -2.43. The lowest BCUT2D eigenvalue weighted by molar-refractivity contribution is 0.0733. The minimum absolute atomic E-state index is 0.109. The third kappa shape index (κ3) is 3.89. The summed E-state index contributed by atoms with van der Waals surface area (Å²) in [7, 11) is -3.53. The Kier molecular flexibility index (Phi) is 5.33. The third-order valence-corrected chi connectivity index (χ3v) is 5.40. The average molecular weight is 320 g/mol. The van der Waals surface area contributed by atoms with E-state index in [4.69, 9.17) is 4.74 Å². The molecule has 0 radical (unpaired) electrons. The normalized spacial score (nSPS) is 18.9. The predicted molar refractivity (Wildman–Crippen MR) is 79.1 cm³/mol. The average Bonchev–Trinajstić information content (AvgIpc) is 2.88. The van der Waals surface area contributed by atoms with Gasteiger partial charge >= 0.3 is 10.2 Å². The van der Waals surface area contributed by atoms with Crippen LogP contribution in [0.25, 0.3) is 0 Å². The van der Waals surface area contributed by atoms with Crippen LogP contribution in [0.2, 0.25) is 0 Å². The van der Waals surface area contributed by atoms with Crippen LogP contribution < -0.4 is 10.0 Å². The van der Waals surface area contributed by atoms with E-state index in [9.17, 15) is 8.42 Å². The number of nitrogens with zero attached hydrogens (tertiary/aromatic N) is 2. The summed E-state index contributed by atoms with van der Waals surface area (Å²) in [6.45, 7) is 6.48. The van der Waals surface area contributed by atoms with Crippen molar-refractivity contribution in [2.24, 2.45) is 0 Å². The SMILES string of the molecule is CCNC(C)c1csc(NS(=O)(=O)N2CCOCC2)n1. The minimum atomic E-state index is -3.53. The van der Waals surface area contributed by atoms with E-state index in [1.807, 2.05) is 19.2 Å². The topological polar surface area (TPSA) is 83.6 Å². The van der Waals surface area contributed by atoms with Crippen molar-refractivity contribution in [3.05, 3.63) is 11.1 Å². The van der Waals surface area contributed by atoms with Crippen molar-refractivity contribution in [3.8, 4) is 0 Å². The molecular weight excluding hydrogens is 300 g/mol. The van der Waals surface area contributed by atoms with Gasteiger partial charge in [-0.3, -0.25) is 0 Å². The molecule has 2 rings (SSSR count). The molecule has 1 aromatic rings. The van der Waals surface area contributed by atoms with Gasteiger partial charge in [-0.05, 0) is 13.5 Å². The van der Waals surface area contributed by atoms with E-state index in [1.54, 1.807) is 0 Å². The first-order chi connectivity index (χ1) is 9.53. The number of morpholine rings is 1. The van der Waals surface area contributed by atoms with Gasteiger partial charge in [-0.1, -0.05) is 6.92 Å². The maximum atomic E-state index is 12.2. The molecule has 0 aromatic carbocycles. The number of thiazole rings is 1. The van der Waals surface area contributed by atoms with Crippen LogP contribution in [-0.2, 0) is 14.9 Å². The summed E-state index contributed by atoms with van der Waals surface area (Å²) >= 11 is 1.30. The van der Waals surface area contributed by atoms with Gasteiger partial charge in [-0.15, -0.1) is 11.3 Å². The Hall–Kier alpha value is -0.740. The first-order valence-corrected chi connectivity index (χ1v) is 8.89. The molecule has 114 valence electrons. The maximum Gasteiger partial charge on any atom is 0.303 e. The lowest BCUT2D eigenvalue weighted by Gasteiger charge is -2.25. The Morgan fingerprint density at radius 1 is 1.50 bits per heavy atom. The molecule has 1 fully saturated rings. The fourth-order valence-electron chi connectivity index (χ4n) is 1.90. The Balaban J connectivity index is 2.02. The number of anilines is 1. The van der Waals surface area contributed by atoms with Gasteiger partial charge in [0.1, 0.15) is 0 Å². The highest BCUT2D eigenvalue weighted by Gasteiger charge is 2.25. The van der Waals surface area contributed by atoms with Crippen LogP contribution in [0.1, 0.15) is 25.6 Å². The van der Waals surface area contributed by atoms with Crippen molar-refractivity contribution in [1.82, 2.24) is 14.6 Å². The van der Waals surface area contributed by atoms with E-state index in [1.165, 1.54) is 15.6 Å². The van der Waals surface area contributed by atoms with Crippen LogP contribution >= 0.6 is 11.3 Å². The van der Waals surface area contributed by atoms with Gasteiger partial charge in [0.2, 0.25) is 0 Å². The van der Waals surface area contributed by atoms with Crippen LogP contribution in [0.4, 0.5) is 5.13 Å². The fraction of sp³-hybridized carbons (Fsp3) is 0.727. The quantitative estimate of drug-likeness (QED) is 0.810. The second kappa shape index (κ2) is 6.81. The number of aromatic nitrogens is 1. The smallest absolute Gasteiger partial charge is 0.303 e. The van der Waals surface area contributed by atoms with E-state index in [0.29, 0.717) is 31.4 Å². The van der Waals surface area contributed by atoms with Crippen LogP contribution in [0, 0.1) is 0 Å². The van der Waals surface area contributed by atoms with Crippen molar-refractivity contribution in [2.45, 2.75) is 19.9 Å². The number of hydrogen-bond acceptors (Lipinski definition) is 6. The van der Waals surface area contributed by atoms with E-state index in [-0.39, 0.29) is 6.04 Å². The first kappa shape index (κ1) is 15.6. The summed E-state index contributed by atoms with van der Waals surface area (Å²) in [6.07, 6.45) is 0. The van der Waals surface area contributed by atoms with E-state index < -0.39 is 10.2 Å². The number of rotatable bonds is 6. The molecule has 9 heteroatoms. The van der Waals surface area contributed by atoms with Gasteiger partial charge in [-0.2, -0.15) is 12.7 Å². The van der Waals surface area contributed by atoms with Crippen LogP contribution in [-0.4, -0.2) is 50.6 Å². The van der Waals surface area contributed by atoms with Crippen molar-refractivity contribution in [2.75, 3.05) is 37.6 Å². The van der Waals surface area contributed by atoms with Crippen LogP contribution in [0.3, 0.4) is 0 Å². The zero-order valence-corrected chi connectivity index (χ0v) is 13.3. The number of nitrogens with one attached hydrogen (secondary N) is 2. The Morgan fingerprint density at radius 3 is 2.85 bits per heavy atom. The van der Waals surface area contributed by atoms with Crippen molar-refractivity contribution >= 4 is 26.7 Å². The van der Waals surface area contributed by atoms with Gasteiger partial charge in [0.25, 0.3) is 0 Å². The van der Waals surface area contributed by atoms with Gasteiger partial charge in [0.15, 0.2) is 5.13 Å². The predicted octanol–water partition coefficient (Wildman–Crippen LogP) is 0.802. The van der Waals surface area contributed by atoms with E-state index >= 15 is 0 Å². The molecule has 1 unspecified atom stereocenters. The summed E-state index contributed by atoms with van der Waals surface area (Å²) in [5, 5.41) is 5.51. The molecule has 2 heterocycles. The molecule has 1 aromatic heterocycles. The van der Waals surface area contributed by atoms with Crippen LogP contribution in [0.5, 0.6) is 0 Å². The molecule has 20 heavy (non-hydrogen) atoms. The molecule has 0 aliphatic carbocycles. The molecule has 1 saturated heterocycles. The monoisotopic (exact) mass is 320 g/mol. The molecule has 1 aliphatic heterocycles. The third-order valence-electron chi connectivity index (χ3n) is 3.00. The summed E-state index contributed by atoms with van der Waals surface area (Å²) in [5.74, 6) is 0. The van der Waals surface area contributed by atoms with Gasteiger partial charge in [0, 0.05) is 24.5 Å². The Bertz CT molecular complexity index is 526. The molecule has 7 nitrogen and oxygen atoms in total. The van der Waals surface area contributed by atoms with Gasteiger partial charge < -0.3 is 10.1 Å². The zero-order valence-electron chi connectivity index (χ0n) is 11.6. The minimum Gasteiger partial charge on any atom is -0.379 e. The Labute approximate surface area is 123 Å². The summed E-state index contributed by atoms with van der Waals surface area (Å²) in [4.78, 5) is 4.32. The standard InChI is InChI=1S/C11H20N4O3S2/c1-3-12-9(2)10-8-19-11(13-10)14-20(16,17)15-4-6-18-7-5-15/h8-9,12H,3-7H2,1-2H3,(H,13,14). The summed E-state index contributed by atoms with van der Waals surface area (Å²) < 4.78 is 33.4. The summed E-state index contributed by atoms with van der Waals surface area (Å²) in [6, 6.07) is 0.109. The van der Waals surface area contributed by atoms with Crippen molar-refractivity contribution < 1.29 is 13.2 Å². The second-order valence-electron chi connectivity index (χ2n) is 4.48. The van der Waals surface area contributed by atoms with Crippen molar-refractivity contribution in [3.63, 3.8) is 0 Å². The molecule has 1 aliphatic rings. The molecule has 1 atom stereocenters. The largest absolute Gasteiger partial charge is 0.379 e. The Morgan fingerprint density at radius 2 is 2.20 bits per heavy atom. The molecule has 0 saturated carbocycles. The van der Waals surface area contributed by atoms with Crippen LogP contribution in [0.15, 0.2) is 5.38 Å². The van der Waals surface area contributed by atoms with Gasteiger partial charge in [0.05, 0.1) is 18.9 Å². The molecular formula is C11H20N4O3S2. The highest BCUT2D eigenvalue weighted by molar-refractivity contribution is 7.90. The zero-order chi connectivity index (χ0) is 14.6. The molecule has 2 N–H and O–H groups in total. The molecule has 0 spiro atoms. The fourth-order valence-corrected chi connectivity index (χ4v) is 4.09. The maximum absolute atomic E-state index is 12.2.